The summed E-state index contributed by atoms with van der Waals surface area (Å²) in [5.41, 5.74) is 0.700. The molecule has 0 radical (unpaired) electrons. The van der Waals surface area contributed by atoms with Crippen LogP contribution < -0.4 is 14.8 Å². The lowest BCUT2D eigenvalue weighted by Crippen LogP contribution is -2.42. The van der Waals surface area contributed by atoms with Gasteiger partial charge in [-0.1, -0.05) is 11.6 Å². The highest BCUT2D eigenvalue weighted by atomic mass is 35.5. The Labute approximate surface area is 146 Å². The summed E-state index contributed by atoms with van der Waals surface area (Å²) in [7, 11) is 1.50. The summed E-state index contributed by atoms with van der Waals surface area (Å²) in [6.07, 6.45) is 0. The molecule has 6 nitrogen and oxygen atoms in total. The van der Waals surface area contributed by atoms with Gasteiger partial charge in [0.2, 0.25) is 0 Å². The topological polar surface area (TPSA) is 73.3 Å². The number of carbonyl (C=O) groups excluding carboxylic acids is 1. The number of ether oxygens (including phenoxy) is 2. The molecule has 0 saturated heterocycles. The van der Waals surface area contributed by atoms with Gasteiger partial charge in [-0.05, 0) is 52.0 Å². The first-order valence-electron chi connectivity index (χ1n) is 7.38. The largest absolute Gasteiger partial charge is 0.478 e. The second-order valence-corrected chi connectivity index (χ2v) is 6.21. The maximum atomic E-state index is 12.6. The number of nitrogens with zero attached hydrogens (tertiary/aromatic N) is 2. The molecule has 128 valence electrons. The van der Waals surface area contributed by atoms with Gasteiger partial charge in [-0.2, -0.15) is 9.97 Å². The molecule has 7 heteroatoms. The van der Waals surface area contributed by atoms with Crippen LogP contribution in [-0.4, -0.2) is 28.6 Å². The van der Waals surface area contributed by atoms with Crippen molar-refractivity contribution in [1.29, 1.82) is 0 Å². The van der Waals surface area contributed by atoms with Crippen molar-refractivity contribution in [2.75, 3.05) is 12.4 Å². The van der Waals surface area contributed by atoms with Gasteiger partial charge in [0.1, 0.15) is 5.75 Å². The molecule has 0 unspecified atom stereocenters. The van der Waals surface area contributed by atoms with Crippen molar-refractivity contribution in [3.63, 3.8) is 0 Å². The number of anilines is 1. The fourth-order valence-electron chi connectivity index (χ4n) is 2.07. The van der Waals surface area contributed by atoms with E-state index in [-0.39, 0.29) is 11.9 Å². The fraction of sp³-hybridized carbons (Fsp3) is 0.353. The lowest BCUT2D eigenvalue weighted by Gasteiger charge is -2.26. The van der Waals surface area contributed by atoms with Gasteiger partial charge in [0.25, 0.3) is 5.91 Å². The van der Waals surface area contributed by atoms with E-state index in [0.29, 0.717) is 27.8 Å². The van der Waals surface area contributed by atoms with Crippen LogP contribution in [0.1, 0.15) is 25.2 Å². The smallest absolute Gasteiger partial charge is 0.316 e. The maximum absolute atomic E-state index is 12.6. The highest BCUT2D eigenvalue weighted by Crippen LogP contribution is 2.24. The zero-order chi connectivity index (χ0) is 17.9. The number of aryl methyl sites for hydroxylation is 2. The van der Waals surface area contributed by atoms with E-state index in [0.717, 1.165) is 0 Å². The van der Waals surface area contributed by atoms with Crippen LogP contribution in [0.25, 0.3) is 0 Å². The third-order valence-electron chi connectivity index (χ3n) is 3.40. The quantitative estimate of drug-likeness (QED) is 0.893. The molecule has 2 aromatic rings. The molecule has 0 spiro atoms. The van der Waals surface area contributed by atoms with Crippen molar-refractivity contribution < 1.29 is 14.3 Å². The molecule has 1 N–H and O–H groups in total. The zero-order valence-electron chi connectivity index (χ0n) is 14.3. The maximum Gasteiger partial charge on any atom is 0.316 e. The van der Waals surface area contributed by atoms with Crippen molar-refractivity contribution in [2.24, 2.45) is 0 Å². The van der Waals surface area contributed by atoms with Crippen LogP contribution in [0.5, 0.6) is 11.8 Å². The molecule has 1 aromatic heterocycles. The van der Waals surface area contributed by atoms with E-state index in [9.17, 15) is 4.79 Å². The molecular formula is C17H20ClN3O3. The zero-order valence-corrected chi connectivity index (χ0v) is 15.1. The Bertz CT molecular complexity index is 722. The predicted octanol–water partition coefficient (Wildman–Crippen LogP) is 3.55. The van der Waals surface area contributed by atoms with E-state index < -0.39 is 5.60 Å². The van der Waals surface area contributed by atoms with Crippen molar-refractivity contribution in [3.05, 3.63) is 40.7 Å². The van der Waals surface area contributed by atoms with Gasteiger partial charge in [-0.3, -0.25) is 4.79 Å². The van der Waals surface area contributed by atoms with E-state index >= 15 is 0 Å². The first kappa shape index (κ1) is 18.0. The number of carbonyl (C=O) groups is 1. The average Bonchev–Trinajstić information content (AvgIpc) is 2.52. The predicted molar refractivity (Wildman–Crippen MR) is 92.8 cm³/mol. The minimum atomic E-state index is -1.09. The van der Waals surface area contributed by atoms with Crippen molar-refractivity contribution in [3.8, 4) is 11.8 Å². The molecule has 0 aliphatic heterocycles. The molecule has 0 fully saturated rings. The number of hydrogen-bond acceptors (Lipinski definition) is 5. The van der Waals surface area contributed by atoms with Crippen LogP contribution in [0, 0.1) is 13.8 Å². The number of methoxy groups -OCH3 is 1. The normalized spacial score (nSPS) is 11.1. The molecule has 0 bridgehead atoms. The SMILES string of the molecule is COc1nc(C)c(NC(=O)C(C)(C)Oc2ccc(Cl)cc2)c(C)n1. The highest BCUT2D eigenvalue weighted by molar-refractivity contribution is 6.30. The Morgan fingerprint density at radius 2 is 1.67 bits per heavy atom. The highest BCUT2D eigenvalue weighted by Gasteiger charge is 2.31. The summed E-state index contributed by atoms with van der Waals surface area (Å²) in [4.78, 5) is 21.0. The van der Waals surface area contributed by atoms with Crippen LogP contribution in [-0.2, 0) is 4.79 Å². The number of hydrogen-bond donors (Lipinski definition) is 1. The van der Waals surface area contributed by atoms with E-state index in [2.05, 4.69) is 15.3 Å². The number of benzene rings is 1. The Morgan fingerprint density at radius 1 is 1.12 bits per heavy atom. The van der Waals surface area contributed by atoms with E-state index in [1.54, 1.807) is 52.0 Å². The number of amides is 1. The number of aromatic nitrogens is 2. The molecule has 2 rings (SSSR count). The third-order valence-corrected chi connectivity index (χ3v) is 3.66. The Balaban J connectivity index is 2.17. The Hall–Kier alpha value is -2.34. The van der Waals surface area contributed by atoms with Crippen LogP contribution in [0.3, 0.4) is 0 Å². The summed E-state index contributed by atoms with van der Waals surface area (Å²) in [5, 5.41) is 3.43. The molecule has 0 aliphatic rings. The van der Waals surface area contributed by atoms with Crippen LogP contribution in [0.4, 0.5) is 5.69 Å². The summed E-state index contributed by atoms with van der Waals surface area (Å²) < 4.78 is 10.8. The standard InChI is InChI=1S/C17H20ClN3O3/c1-10-14(11(2)20-16(19-10)23-5)21-15(22)17(3,4)24-13-8-6-12(18)7-9-13/h6-9H,1-5H3,(H,21,22). The summed E-state index contributed by atoms with van der Waals surface area (Å²) in [5.74, 6) is 0.247. The van der Waals surface area contributed by atoms with Crippen molar-refractivity contribution in [1.82, 2.24) is 9.97 Å². The Morgan fingerprint density at radius 3 is 2.17 bits per heavy atom. The van der Waals surface area contributed by atoms with Gasteiger partial charge < -0.3 is 14.8 Å². The molecular weight excluding hydrogens is 330 g/mol. The van der Waals surface area contributed by atoms with Gasteiger partial charge >= 0.3 is 6.01 Å². The molecule has 1 amide bonds. The lowest BCUT2D eigenvalue weighted by molar-refractivity contribution is -0.128. The Kier molecular flexibility index (Phi) is 5.29. The second-order valence-electron chi connectivity index (χ2n) is 5.78. The molecule has 1 aromatic carbocycles. The second kappa shape index (κ2) is 7.05. The lowest BCUT2D eigenvalue weighted by atomic mass is 10.1. The van der Waals surface area contributed by atoms with Gasteiger partial charge in [-0.25, -0.2) is 0 Å². The molecule has 24 heavy (non-hydrogen) atoms. The van der Waals surface area contributed by atoms with Gasteiger partial charge in [0, 0.05) is 5.02 Å². The number of nitrogens with one attached hydrogen (secondary N) is 1. The molecule has 1 heterocycles. The van der Waals surface area contributed by atoms with E-state index in [1.807, 2.05) is 0 Å². The van der Waals surface area contributed by atoms with Gasteiger partial charge in [-0.15, -0.1) is 0 Å². The fourth-order valence-corrected chi connectivity index (χ4v) is 2.19. The summed E-state index contributed by atoms with van der Waals surface area (Å²) in [6, 6.07) is 7.10. The van der Waals surface area contributed by atoms with Crippen molar-refractivity contribution in [2.45, 2.75) is 33.3 Å². The monoisotopic (exact) mass is 349 g/mol. The first-order chi connectivity index (χ1) is 11.2. The molecule has 0 saturated carbocycles. The van der Waals surface area contributed by atoms with Crippen LogP contribution in [0.15, 0.2) is 24.3 Å². The van der Waals surface area contributed by atoms with Crippen LogP contribution >= 0.6 is 11.6 Å². The van der Waals surface area contributed by atoms with E-state index in [1.165, 1.54) is 7.11 Å². The van der Waals surface area contributed by atoms with Crippen molar-refractivity contribution >= 4 is 23.2 Å². The minimum absolute atomic E-state index is 0.264. The molecule has 0 atom stereocenters. The van der Waals surface area contributed by atoms with Gasteiger partial charge in [0.15, 0.2) is 5.60 Å². The summed E-state index contributed by atoms with van der Waals surface area (Å²) in [6.45, 7) is 6.93. The average molecular weight is 350 g/mol. The number of halogens is 1. The van der Waals surface area contributed by atoms with E-state index in [4.69, 9.17) is 21.1 Å². The third kappa shape index (κ3) is 4.14. The number of rotatable bonds is 5. The van der Waals surface area contributed by atoms with Gasteiger partial charge in [0.05, 0.1) is 24.2 Å². The minimum Gasteiger partial charge on any atom is -0.478 e. The summed E-state index contributed by atoms with van der Waals surface area (Å²) >= 11 is 5.85. The molecule has 0 aliphatic carbocycles. The first-order valence-corrected chi connectivity index (χ1v) is 7.76. The van der Waals surface area contributed by atoms with Crippen LogP contribution in [0.2, 0.25) is 5.02 Å².